The Labute approximate surface area is 161 Å². The number of nitrogens with zero attached hydrogens (tertiary/aromatic N) is 4. The Morgan fingerprint density at radius 2 is 2.11 bits per heavy atom. The molecule has 1 atom stereocenters. The molecule has 1 N–H and O–H groups in total. The summed E-state index contributed by atoms with van der Waals surface area (Å²) < 4.78 is 12.6. The van der Waals surface area contributed by atoms with Crippen molar-refractivity contribution in [3.05, 3.63) is 41.7 Å². The van der Waals surface area contributed by atoms with Crippen molar-refractivity contribution in [2.45, 2.75) is 25.8 Å². The topological polar surface area (TPSA) is 63.9 Å². The van der Waals surface area contributed by atoms with E-state index >= 15 is 0 Å². The number of hydrogen-bond donors (Lipinski definition) is 1. The van der Waals surface area contributed by atoms with Crippen molar-refractivity contribution in [2.75, 3.05) is 33.9 Å². The summed E-state index contributed by atoms with van der Waals surface area (Å²) in [7, 11) is 5.26. The van der Waals surface area contributed by atoms with Crippen molar-refractivity contribution in [3.8, 4) is 11.5 Å². The normalized spacial score (nSPS) is 17.3. The summed E-state index contributed by atoms with van der Waals surface area (Å²) in [6.45, 7) is 5.50. The Hall–Kier alpha value is -2.70. The van der Waals surface area contributed by atoms with Gasteiger partial charge < -0.3 is 19.7 Å². The molecule has 27 heavy (non-hydrogen) atoms. The molecule has 0 bridgehead atoms. The van der Waals surface area contributed by atoms with Crippen molar-refractivity contribution in [3.63, 3.8) is 0 Å². The second-order valence-corrected chi connectivity index (χ2v) is 6.74. The van der Waals surface area contributed by atoms with Crippen LogP contribution in [0.3, 0.4) is 0 Å². The van der Waals surface area contributed by atoms with Crippen molar-refractivity contribution >= 4 is 5.96 Å². The number of nitrogens with one attached hydrogen (secondary N) is 1. The van der Waals surface area contributed by atoms with Crippen LogP contribution in [0.4, 0.5) is 0 Å². The number of ether oxygens (including phenoxy) is 2. The molecule has 0 amide bonds. The number of guanidine groups is 1. The largest absolute Gasteiger partial charge is 0.493 e. The standard InChI is InChI=1S/C20H29N5O2/c1-5-21-20(22-11-15-6-7-18(26-3)19(10-15)27-4)25-9-8-16(14-25)17-12-23-24(2)13-17/h6-7,10,12-13,16H,5,8-9,11,14H2,1-4H3,(H,21,22). The van der Waals surface area contributed by atoms with Crippen LogP contribution >= 0.6 is 0 Å². The van der Waals surface area contributed by atoms with Crippen molar-refractivity contribution in [2.24, 2.45) is 12.0 Å². The van der Waals surface area contributed by atoms with Gasteiger partial charge in [-0.2, -0.15) is 5.10 Å². The lowest BCUT2D eigenvalue weighted by Gasteiger charge is -2.21. The molecular weight excluding hydrogens is 342 g/mol. The smallest absolute Gasteiger partial charge is 0.194 e. The predicted molar refractivity (Wildman–Crippen MR) is 107 cm³/mol. The molecule has 2 aromatic rings. The van der Waals surface area contributed by atoms with Gasteiger partial charge in [0.2, 0.25) is 0 Å². The van der Waals surface area contributed by atoms with Gasteiger partial charge in [-0.3, -0.25) is 4.68 Å². The molecule has 0 saturated carbocycles. The van der Waals surface area contributed by atoms with Gasteiger partial charge in [-0.15, -0.1) is 0 Å². The number of aromatic nitrogens is 2. The monoisotopic (exact) mass is 371 g/mol. The fraction of sp³-hybridized carbons (Fsp3) is 0.500. The van der Waals surface area contributed by atoms with Crippen LogP contribution in [0.15, 0.2) is 35.6 Å². The summed E-state index contributed by atoms with van der Waals surface area (Å²) in [4.78, 5) is 7.18. The lowest BCUT2D eigenvalue weighted by atomic mass is 10.0. The van der Waals surface area contributed by atoms with Gasteiger partial charge in [-0.25, -0.2) is 4.99 Å². The Kier molecular flexibility index (Phi) is 6.21. The van der Waals surface area contributed by atoms with Crippen LogP contribution in [0.1, 0.15) is 30.4 Å². The first-order valence-electron chi connectivity index (χ1n) is 9.37. The summed E-state index contributed by atoms with van der Waals surface area (Å²) in [6.07, 6.45) is 5.20. The van der Waals surface area contributed by atoms with Crippen molar-refractivity contribution < 1.29 is 9.47 Å². The van der Waals surface area contributed by atoms with Crippen LogP contribution in [0.5, 0.6) is 11.5 Å². The minimum absolute atomic E-state index is 0.503. The van der Waals surface area contributed by atoms with Gasteiger partial charge in [0, 0.05) is 38.8 Å². The molecule has 1 aliphatic heterocycles. The number of rotatable bonds is 6. The molecule has 1 saturated heterocycles. The van der Waals surface area contributed by atoms with Gasteiger partial charge in [-0.05, 0) is 36.6 Å². The maximum Gasteiger partial charge on any atom is 0.194 e. The Morgan fingerprint density at radius 1 is 1.30 bits per heavy atom. The highest BCUT2D eigenvalue weighted by Gasteiger charge is 2.26. The van der Waals surface area contributed by atoms with Gasteiger partial charge in [0.05, 0.1) is 27.0 Å². The molecule has 7 nitrogen and oxygen atoms in total. The van der Waals surface area contributed by atoms with Crippen LogP contribution < -0.4 is 14.8 Å². The average Bonchev–Trinajstić information content (AvgIpc) is 3.34. The Balaban J connectivity index is 1.70. The molecule has 146 valence electrons. The van der Waals surface area contributed by atoms with Gasteiger partial charge in [-0.1, -0.05) is 6.07 Å². The SMILES string of the molecule is CCNC(=NCc1ccc(OC)c(OC)c1)N1CCC(c2cnn(C)c2)C1. The van der Waals surface area contributed by atoms with Gasteiger partial charge in [0.1, 0.15) is 0 Å². The van der Waals surface area contributed by atoms with Gasteiger partial charge in [0.25, 0.3) is 0 Å². The van der Waals surface area contributed by atoms with Crippen LogP contribution in [-0.2, 0) is 13.6 Å². The summed E-state index contributed by atoms with van der Waals surface area (Å²) in [5.41, 5.74) is 2.39. The van der Waals surface area contributed by atoms with Crippen LogP contribution in [0, 0.1) is 0 Å². The van der Waals surface area contributed by atoms with Crippen molar-refractivity contribution in [1.29, 1.82) is 0 Å². The van der Waals surface area contributed by atoms with E-state index in [-0.39, 0.29) is 0 Å². The molecule has 1 aromatic carbocycles. The zero-order chi connectivity index (χ0) is 19.2. The third-order valence-electron chi connectivity index (χ3n) is 4.88. The van der Waals surface area contributed by atoms with E-state index in [1.165, 1.54) is 5.56 Å². The number of hydrogen-bond acceptors (Lipinski definition) is 4. The molecular formula is C20H29N5O2. The van der Waals surface area contributed by atoms with E-state index in [9.17, 15) is 0 Å². The molecule has 0 aliphatic carbocycles. The van der Waals surface area contributed by atoms with Crippen molar-refractivity contribution in [1.82, 2.24) is 20.0 Å². The summed E-state index contributed by atoms with van der Waals surface area (Å²) >= 11 is 0. The van der Waals surface area contributed by atoms with Crippen LogP contribution in [-0.4, -0.2) is 54.5 Å². The molecule has 0 radical (unpaired) electrons. The van der Waals surface area contributed by atoms with Gasteiger partial charge in [0.15, 0.2) is 17.5 Å². The first-order valence-corrected chi connectivity index (χ1v) is 9.37. The molecule has 1 aliphatic rings. The zero-order valence-corrected chi connectivity index (χ0v) is 16.6. The number of aliphatic imine (C=N–C) groups is 1. The highest BCUT2D eigenvalue weighted by molar-refractivity contribution is 5.80. The maximum absolute atomic E-state index is 5.39. The average molecular weight is 371 g/mol. The molecule has 1 aromatic heterocycles. The first-order chi connectivity index (χ1) is 13.1. The number of benzene rings is 1. The van der Waals surface area contributed by atoms with E-state index < -0.39 is 0 Å². The lowest BCUT2D eigenvalue weighted by Crippen LogP contribution is -2.40. The third kappa shape index (κ3) is 4.53. The lowest BCUT2D eigenvalue weighted by molar-refractivity contribution is 0.354. The van der Waals surface area contributed by atoms with Crippen LogP contribution in [0.2, 0.25) is 0 Å². The Bertz CT molecular complexity index is 786. The highest BCUT2D eigenvalue weighted by atomic mass is 16.5. The third-order valence-corrected chi connectivity index (χ3v) is 4.88. The first kappa shape index (κ1) is 19.1. The molecule has 1 fully saturated rings. The molecule has 7 heteroatoms. The Morgan fingerprint density at radius 3 is 2.78 bits per heavy atom. The number of aryl methyl sites for hydroxylation is 1. The summed E-state index contributed by atoms with van der Waals surface area (Å²) in [5, 5.41) is 7.73. The van der Waals surface area contributed by atoms with Gasteiger partial charge >= 0.3 is 0 Å². The van der Waals surface area contributed by atoms with E-state index in [1.54, 1.807) is 14.2 Å². The van der Waals surface area contributed by atoms with Crippen LogP contribution in [0.25, 0.3) is 0 Å². The zero-order valence-electron chi connectivity index (χ0n) is 16.6. The van der Waals surface area contributed by atoms with E-state index in [0.717, 1.165) is 49.1 Å². The predicted octanol–water partition coefficient (Wildman–Crippen LogP) is 2.39. The fourth-order valence-corrected chi connectivity index (χ4v) is 3.45. The number of methoxy groups -OCH3 is 2. The quantitative estimate of drug-likeness (QED) is 0.624. The fourth-order valence-electron chi connectivity index (χ4n) is 3.45. The van der Waals surface area contributed by atoms with E-state index in [4.69, 9.17) is 14.5 Å². The molecule has 3 rings (SSSR count). The second-order valence-electron chi connectivity index (χ2n) is 6.74. The molecule has 0 spiro atoms. The number of likely N-dealkylation sites (tertiary alicyclic amines) is 1. The summed E-state index contributed by atoms with van der Waals surface area (Å²) in [6, 6.07) is 5.93. The maximum atomic E-state index is 5.39. The summed E-state index contributed by atoms with van der Waals surface area (Å²) in [5.74, 6) is 2.92. The molecule has 2 heterocycles. The van der Waals surface area contributed by atoms with E-state index in [1.807, 2.05) is 36.1 Å². The minimum atomic E-state index is 0.503. The molecule has 1 unspecified atom stereocenters. The second kappa shape index (κ2) is 8.79. The van der Waals surface area contributed by atoms with E-state index in [0.29, 0.717) is 12.5 Å². The van der Waals surface area contributed by atoms with E-state index in [2.05, 4.69) is 28.4 Å². The highest BCUT2D eigenvalue weighted by Crippen LogP contribution is 2.28. The minimum Gasteiger partial charge on any atom is -0.493 e.